The summed E-state index contributed by atoms with van der Waals surface area (Å²) >= 11 is 3.76. The van der Waals surface area contributed by atoms with Crippen LogP contribution in [0.15, 0.2) is 177 Å². The van der Waals surface area contributed by atoms with E-state index in [2.05, 4.69) is 159 Å². The van der Waals surface area contributed by atoms with E-state index in [1.165, 1.54) is 75.9 Å². The maximum Gasteiger partial charge on any atom is 0.0697 e. The lowest BCUT2D eigenvalue weighted by molar-refractivity contribution is 0.648. The zero-order valence-electron chi connectivity index (χ0n) is 26.8. The highest BCUT2D eigenvalue weighted by Crippen LogP contribution is 2.61. The van der Waals surface area contributed by atoms with Crippen molar-refractivity contribution in [2.24, 2.45) is 0 Å². The number of allylic oxidation sites excluding steroid dienone is 7. The Kier molecular flexibility index (Phi) is 7.80. The van der Waals surface area contributed by atoms with Crippen molar-refractivity contribution in [3.8, 4) is 22.3 Å². The summed E-state index contributed by atoms with van der Waals surface area (Å²) in [4.78, 5) is 3.93. The summed E-state index contributed by atoms with van der Waals surface area (Å²) in [6.45, 7) is 9.46. The molecule has 0 aromatic heterocycles. The molecule has 5 aromatic carbocycles. The molecule has 0 amide bonds. The van der Waals surface area contributed by atoms with Gasteiger partial charge in [-0.05, 0) is 111 Å². The molecule has 228 valence electrons. The summed E-state index contributed by atoms with van der Waals surface area (Å²) in [7, 11) is 0. The summed E-state index contributed by atoms with van der Waals surface area (Å²) in [5.41, 5.74) is 14.9. The second kappa shape index (κ2) is 12.3. The molecule has 5 aromatic rings. The lowest BCUT2D eigenvalue weighted by Crippen LogP contribution is -2.36. The fourth-order valence-electron chi connectivity index (χ4n) is 7.69. The number of fused-ring (bicyclic) bond motifs is 5. The highest BCUT2D eigenvalue weighted by Gasteiger charge is 2.48. The van der Waals surface area contributed by atoms with Gasteiger partial charge in [-0.15, -0.1) is 0 Å². The summed E-state index contributed by atoms with van der Waals surface area (Å²) in [5, 5.41) is 2.35. The number of benzene rings is 5. The Balaban J connectivity index is 1.38. The minimum atomic E-state index is -0.505. The van der Waals surface area contributed by atoms with Crippen molar-refractivity contribution in [1.82, 2.24) is 0 Å². The predicted octanol–water partition coefficient (Wildman–Crippen LogP) is 12.9. The molecule has 8 rings (SSSR count). The molecule has 1 spiro atoms. The lowest BCUT2D eigenvalue weighted by atomic mass is 9.61. The summed E-state index contributed by atoms with van der Waals surface area (Å²) in [6.07, 6.45) is 11.4. The standard InChI is InChI=1S/C45H36S2/c1-30-15-7-8-18-35(30)37-20-13-19-36(32(37)3)34-28-27-31(2)45(39-22-9-11-24-41(39)46-29-34)40-23-10-12-25-42(40)47-43-26-14-21-38(44(43)45)33-16-5-4-6-17-33/h4-9,11-22,24-29H,2,10,23H2,1,3H3/b28-27-,34-29+. The average Bonchev–Trinajstić information content (AvgIpc) is 3.17. The first kappa shape index (κ1) is 29.9. The molecule has 2 heteroatoms. The van der Waals surface area contributed by atoms with Gasteiger partial charge in [0, 0.05) is 14.7 Å². The second-order valence-electron chi connectivity index (χ2n) is 12.5. The minimum absolute atomic E-state index is 0.505. The van der Waals surface area contributed by atoms with Gasteiger partial charge in [0.1, 0.15) is 0 Å². The minimum Gasteiger partial charge on any atom is -0.0971 e. The molecule has 0 nitrogen and oxygen atoms in total. The van der Waals surface area contributed by atoms with E-state index >= 15 is 0 Å². The number of thioether (sulfide) groups is 2. The largest absolute Gasteiger partial charge is 0.0971 e. The van der Waals surface area contributed by atoms with Gasteiger partial charge in [-0.3, -0.25) is 0 Å². The van der Waals surface area contributed by atoms with Crippen LogP contribution >= 0.6 is 23.5 Å². The van der Waals surface area contributed by atoms with Crippen LogP contribution in [0, 0.1) is 13.8 Å². The third-order valence-electron chi connectivity index (χ3n) is 9.92. The Morgan fingerprint density at radius 3 is 2.21 bits per heavy atom. The van der Waals surface area contributed by atoms with Gasteiger partial charge in [-0.2, -0.15) is 0 Å². The highest BCUT2D eigenvalue weighted by atomic mass is 32.2. The predicted molar refractivity (Wildman–Crippen MR) is 204 cm³/mol. The zero-order valence-corrected chi connectivity index (χ0v) is 28.4. The zero-order chi connectivity index (χ0) is 32.0. The van der Waals surface area contributed by atoms with Gasteiger partial charge in [0.25, 0.3) is 0 Å². The van der Waals surface area contributed by atoms with Crippen LogP contribution in [0.4, 0.5) is 0 Å². The van der Waals surface area contributed by atoms with E-state index in [4.69, 9.17) is 6.58 Å². The summed E-state index contributed by atoms with van der Waals surface area (Å²) < 4.78 is 0. The molecule has 1 atom stereocenters. The maximum atomic E-state index is 4.99. The van der Waals surface area contributed by atoms with Crippen molar-refractivity contribution in [3.05, 3.63) is 195 Å². The summed E-state index contributed by atoms with van der Waals surface area (Å²) in [6, 6.07) is 42.2. The van der Waals surface area contributed by atoms with Gasteiger partial charge in [0.05, 0.1) is 5.41 Å². The van der Waals surface area contributed by atoms with Crippen LogP contribution in [-0.2, 0) is 5.41 Å². The van der Waals surface area contributed by atoms with Crippen LogP contribution in [0.5, 0.6) is 0 Å². The van der Waals surface area contributed by atoms with Gasteiger partial charge in [0.15, 0.2) is 0 Å². The topological polar surface area (TPSA) is 0 Å². The highest BCUT2D eigenvalue weighted by molar-refractivity contribution is 8.03. The Hall–Kier alpha value is -4.50. The SMILES string of the molecule is C=C1/C=C\C(c2cccc(-c3ccccc3C)c2C)=C/Sc2ccccc2C12C1=C(C=CCC1)Sc1cccc(-c3ccccc3)c12. The molecular weight excluding hydrogens is 605 g/mol. The first-order valence-corrected chi connectivity index (χ1v) is 18.0. The van der Waals surface area contributed by atoms with E-state index in [-0.39, 0.29) is 0 Å². The van der Waals surface area contributed by atoms with E-state index in [0.717, 1.165) is 18.4 Å². The average molecular weight is 641 g/mol. The van der Waals surface area contributed by atoms with Crippen molar-refractivity contribution in [3.63, 3.8) is 0 Å². The molecule has 47 heavy (non-hydrogen) atoms. The van der Waals surface area contributed by atoms with E-state index in [9.17, 15) is 0 Å². The molecule has 0 saturated carbocycles. The fraction of sp³-hybridized carbons (Fsp3) is 0.111. The fourth-order valence-corrected chi connectivity index (χ4v) is 9.95. The van der Waals surface area contributed by atoms with E-state index in [0.29, 0.717) is 0 Å². The third-order valence-corrected chi connectivity index (χ3v) is 12.1. The Labute approximate surface area is 287 Å². The molecule has 1 unspecified atom stereocenters. The van der Waals surface area contributed by atoms with Gasteiger partial charge in [0.2, 0.25) is 0 Å². The number of hydrogen-bond acceptors (Lipinski definition) is 2. The molecule has 0 saturated heterocycles. The molecule has 0 bridgehead atoms. The molecule has 3 aliphatic rings. The Morgan fingerprint density at radius 2 is 1.34 bits per heavy atom. The van der Waals surface area contributed by atoms with Gasteiger partial charge in [-0.25, -0.2) is 0 Å². The van der Waals surface area contributed by atoms with Crippen LogP contribution < -0.4 is 0 Å². The van der Waals surface area contributed by atoms with Crippen LogP contribution in [0.25, 0.3) is 27.8 Å². The van der Waals surface area contributed by atoms with Crippen molar-refractivity contribution < 1.29 is 0 Å². The maximum absolute atomic E-state index is 4.99. The number of hydrogen-bond donors (Lipinski definition) is 0. The smallest absolute Gasteiger partial charge is 0.0697 e. The normalized spacial score (nSPS) is 20.3. The third kappa shape index (κ3) is 4.94. The molecule has 0 fully saturated rings. The van der Waals surface area contributed by atoms with Crippen LogP contribution in [0.1, 0.15) is 40.7 Å². The second-order valence-corrected chi connectivity index (χ2v) is 14.5. The first-order chi connectivity index (χ1) is 23.1. The number of aryl methyl sites for hydroxylation is 1. The van der Waals surface area contributed by atoms with E-state index < -0.39 is 5.41 Å². The summed E-state index contributed by atoms with van der Waals surface area (Å²) in [5.74, 6) is 0. The number of rotatable bonds is 3. The van der Waals surface area contributed by atoms with Crippen molar-refractivity contribution in [2.75, 3.05) is 0 Å². The van der Waals surface area contributed by atoms with E-state index in [1.807, 2.05) is 23.5 Å². The quantitative estimate of drug-likeness (QED) is 0.192. The van der Waals surface area contributed by atoms with Crippen molar-refractivity contribution >= 4 is 29.1 Å². The van der Waals surface area contributed by atoms with Crippen molar-refractivity contribution in [1.29, 1.82) is 0 Å². The van der Waals surface area contributed by atoms with Gasteiger partial charge < -0.3 is 0 Å². The van der Waals surface area contributed by atoms with Crippen molar-refractivity contribution in [2.45, 2.75) is 41.9 Å². The van der Waals surface area contributed by atoms with E-state index in [1.54, 1.807) is 0 Å². The van der Waals surface area contributed by atoms with Gasteiger partial charge in [-0.1, -0.05) is 158 Å². The molecule has 1 aliphatic carbocycles. The Bertz CT molecular complexity index is 2180. The molecule has 2 heterocycles. The Morgan fingerprint density at radius 1 is 0.638 bits per heavy atom. The van der Waals surface area contributed by atoms with Crippen LogP contribution in [0.3, 0.4) is 0 Å². The molecule has 0 N–H and O–H groups in total. The first-order valence-electron chi connectivity index (χ1n) is 16.3. The molecular formula is C45H36S2. The van der Waals surface area contributed by atoms with Gasteiger partial charge >= 0.3 is 0 Å². The molecule has 2 aliphatic heterocycles. The van der Waals surface area contributed by atoms with Crippen LogP contribution in [-0.4, -0.2) is 0 Å². The monoisotopic (exact) mass is 640 g/mol. The lowest BCUT2D eigenvalue weighted by Gasteiger charge is -2.46. The van der Waals surface area contributed by atoms with Crippen LogP contribution in [0.2, 0.25) is 0 Å². The molecule has 0 radical (unpaired) electrons.